The molecule has 0 atom stereocenters. The number of nitrogens with zero attached hydrogens (tertiary/aromatic N) is 1. The summed E-state index contributed by atoms with van der Waals surface area (Å²) >= 11 is 3.35. The lowest BCUT2D eigenvalue weighted by Crippen LogP contribution is -2.43. The van der Waals surface area contributed by atoms with Crippen LogP contribution in [0.5, 0.6) is 0 Å². The molecule has 0 saturated carbocycles. The molecule has 0 bridgehead atoms. The number of nitrogens with one attached hydrogen (secondary N) is 1. The van der Waals surface area contributed by atoms with Gasteiger partial charge in [0.25, 0.3) is 5.91 Å². The van der Waals surface area contributed by atoms with Crippen LogP contribution >= 0.6 is 15.9 Å². The second-order valence-corrected chi connectivity index (χ2v) is 6.03. The van der Waals surface area contributed by atoms with Gasteiger partial charge < -0.3 is 15.0 Å². The van der Waals surface area contributed by atoms with Crippen molar-refractivity contribution in [2.24, 2.45) is 0 Å². The number of carbonyl (C=O) groups is 1. The molecule has 0 aromatic heterocycles. The van der Waals surface area contributed by atoms with Gasteiger partial charge >= 0.3 is 0 Å². The summed E-state index contributed by atoms with van der Waals surface area (Å²) in [6, 6.07) is 19.8. The summed E-state index contributed by atoms with van der Waals surface area (Å²) < 4.78 is 6.15. The Morgan fingerprint density at radius 2 is 1.61 bits per heavy atom. The third-order valence-electron chi connectivity index (χ3n) is 3.55. The van der Waals surface area contributed by atoms with Crippen molar-refractivity contribution in [1.82, 2.24) is 10.2 Å². The van der Waals surface area contributed by atoms with E-state index in [2.05, 4.69) is 21.2 Å². The highest BCUT2D eigenvalue weighted by atomic mass is 79.9. The second-order valence-electron chi connectivity index (χ2n) is 5.24. The Hall–Kier alpha value is -2.27. The summed E-state index contributed by atoms with van der Waals surface area (Å²) in [5, 5.41) is 3.16. The molecule has 1 aliphatic rings. The zero-order valence-electron chi connectivity index (χ0n) is 12.5. The van der Waals surface area contributed by atoms with Crippen molar-refractivity contribution in [2.75, 3.05) is 6.67 Å². The van der Waals surface area contributed by atoms with Crippen LogP contribution in [0.4, 0.5) is 0 Å². The van der Waals surface area contributed by atoms with E-state index in [1.807, 2.05) is 60.7 Å². The van der Waals surface area contributed by atoms with Gasteiger partial charge in [-0.05, 0) is 27.1 Å². The number of carbonyl (C=O) groups excluding carboxylic acids is 1. The average molecular weight is 373 g/mol. The van der Waals surface area contributed by atoms with Crippen LogP contribution in [-0.4, -0.2) is 17.5 Å². The highest BCUT2D eigenvalue weighted by Crippen LogP contribution is 2.21. The molecular formula is C18H17BrN2O2. The van der Waals surface area contributed by atoms with Gasteiger partial charge in [-0.3, -0.25) is 4.79 Å². The molecule has 2 aromatic carbocycles. The summed E-state index contributed by atoms with van der Waals surface area (Å²) in [4.78, 5) is 14.2. The first kappa shape index (κ1) is 15.6. The highest BCUT2D eigenvalue weighted by molar-refractivity contribution is 9.12. The van der Waals surface area contributed by atoms with E-state index in [9.17, 15) is 4.79 Å². The number of benzene rings is 2. The van der Waals surface area contributed by atoms with Crippen LogP contribution in [-0.2, 0) is 22.7 Å². The van der Waals surface area contributed by atoms with E-state index < -0.39 is 0 Å². The van der Waals surface area contributed by atoms with Crippen molar-refractivity contribution in [3.63, 3.8) is 0 Å². The fourth-order valence-corrected chi connectivity index (χ4v) is 2.83. The topological polar surface area (TPSA) is 41.6 Å². The Balaban J connectivity index is 1.64. The van der Waals surface area contributed by atoms with Crippen LogP contribution in [0.25, 0.3) is 0 Å². The van der Waals surface area contributed by atoms with Crippen molar-refractivity contribution in [1.29, 1.82) is 0 Å². The third-order valence-corrected chi connectivity index (χ3v) is 4.25. The molecule has 0 saturated heterocycles. The van der Waals surface area contributed by atoms with Gasteiger partial charge in [-0.2, -0.15) is 0 Å². The van der Waals surface area contributed by atoms with Gasteiger partial charge in [0.1, 0.15) is 11.1 Å². The summed E-state index contributed by atoms with van der Waals surface area (Å²) in [5.41, 5.74) is 2.15. The first-order valence-electron chi connectivity index (χ1n) is 7.37. The van der Waals surface area contributed by atoms with Crippen molar-refractivity contribution in [3.05, 3.63) is 82.2 Å². The fraction of sp³-hybridized carbons (Fsp3) is 0.167. The van der Waals surface area contributed by atoms with Crippen molar-refractivity contribution in [2.45, 2.75) is 13.2 Å². The molecule has 4 nitrogen and oxygen atoms in total. The van der Waals surface area contributed by atoms with E-state index in [1.54, 1.807) is 4.90 Å². The predicted octanol–water partition coefficient (Wildman–Crippen LogP) is 3.36. The lowest BCUT2D eigenvalue weighted by molar-refractivity contribution is -0.128. The molecule has 0 spiro atoms. The molecule has 1 heterocycles. The van der Waals surface area contributed by atoms with E-state index in [1.165, 1.54) is 0 Å². The van der Waals surface area contributed by atoms with E-state index >= 15 is 0 Å². The zero-order chi connectivity index (χ0) is 16.1. The van der Waals surface area contributed by atoms with Gasteiger partial charge in [-0.25, -0.2) is 0 Å². The molecule has 3 rings (SSSR count). The molecule has 1 amide bonds. The summed E-state index contributed by atoms with van der Waals surface area (Å²) in [7, 11) is 0. The molecule has 2 aromatic rings. The minimum atomic E-state index is -0.0735. The van der Waals surface area contributed by atoms with Crippen molar-refractivity contribution < 1.29 is 9.53 Å². The number of rotatable bonds is 5. The normalized spacial score (nSPS) is 14.7. The SMILES string of the molecule is O=C1C(Br)=C(OCc2ccccc2)NCN1Cc1ccccc1. The smallest absolute Gasteiger partial charge is 0.268 e. The predicted molar refractivity (Wildman–Crippen MR) is 92.2 cm³/mol. The van der Waals surface area contributed by atoms with Gasteiger partial charge in [0.2, 0.25) is 5.88 Å². The second kappa shape index (κ2) is 7.33. The van der Waals surface area contributed by atoms with Gasteiger partial charge in [-0.15, -0.1) is 0 Å². The lowest BCUT2D eigenvalue weighted by atomic mass is 10.2. The maximum atomic E-state index is 12.5. The number of amides is 1. The summed E-state index contributed by atoms with van der Waals surface area (Å²) in [5.74, 6) is 0.416. The minimum absolute atomic E-state index is 0.0735. The Bertz CT molecular complexity index is 701. The van der Waals surface area contributed by atoms with Crippen LogP contribution in [0.3, 0.4) is 0 Å². The van der Waals surface area contributed by atoms with E-state index in [-0.39, 0.29) is 5.91 Å². The molecule has 5 heteroatoms. The van der Waals surface area contributed by atoms with Crippen LogP contribution in [0, 0.1) is 0 Å². The molecule has 0 radical (unpaired) electrons. The van der Waals surface area contributed by atoms with E-state index in [0.29, 0.717) is 30.2 Å². The Morgan fingerprint density at radius 1 is 1.00 bits per heavy atom. The lowest BCUT2D eigenvalue weighted by Gasteiger charge is -2.29. The van der Waals surface area contributed by atoms with Crippen LogP contribution in [0.2, 0.25) is 0 Å². The first-order chi connectivity index (χ1) is 11.2. The largest absolute Gasteiger partial charge is 0.473 e. The maximum absolute atomic E-state index is 12.5. The zero-order valence-corrected chi connectivity index (χ0v) is 14.1. The van der Waals surface area contributed by atoms with Gasteiger partial charge in [0, 0.05) is 6.54 Å². The fourth-order valence-electron chi connectivity index (χ4n) is 2.33. The standard InChI is InChI=1S/C18H17BrN2O2/c19-16-17(23-12-15-9-5-2-6-10-15)20-13-21(18(16)22)11-14-7-3-1-4-8-14/h1-10,20H,11-13H2. The van der Waals surface area contributed by atoms with Crippen molar-refractivity contribution >= 4 is 21.8 Å². The summed E-state index contributed by atoms with van der Waals surface area (Å²) in [6.45, 7) is 1.41. The van der Waals surface area contributed by atoms with Crippen LogP contribution in [0.15, 0.2) is 71.0 Å². The number of ether oxygens (including phenoxy) is 1. The van der Waals surface area contributed by atoms with E-state index in [4.69, 9.17) is 4.74 Å². The van der Waals surface area contributed by atoms with Crippen LogP contribution < -0.4 is 5.32 Å². The van der Waals surface area contributed by atoms with Crippen molar-refractivity contribution in [3.8, 4) is 0 Å². The van der Waals surface area contributed by atoms with Gasteiger partial charge in [-0.1, -0.05) is 60.7 Å². The molecular weight excluding hydrogens is 356 g/mol. The molecule has 23 heavy (non-hydrogen) atoms. The molecule has 0 fully saturated rings. The number of hydrogen-bond donors (Lipinski definition) is 1. The van der Waals surface area contributed by atoms with Gasteiger partial charge in [0.05, 0.1) is 6.67 Å². The Kier molecular flexibility index (Phi) is 4.98. The quantitative estimate of drug-likeness (QED) is 0.874. The molecule has 0 unspecified atom stereocenters. The van der Waals surface area contributed by atoms with E-state index in [0.717, 1.165) is 11.1 Å². The third kappa shape index (κ3) is 3.93. The van der Waals surface area contributed by atoms with Crippen LogP contribution in [0.1, 0.15) is 11.1 Å². The molecule has 0 aliphatic carbocycles. The Morgan fingerprint density at radius 3 is 2.26 bits per heavy atom. The highest BCUT2D eigenvalue weighted by Gasteiger charge is 2.26. The average Bonchev–Trinajstić information content (AvgIpc) is 2.60. The summed E-state index contributed by atoms with van der Waals surface area (Å²) in [6.07, 6.45) is 0. The monoisotopic (exact) mass is 372 g/mol. The number of halogens is 1. The number of hydrogen-bond acceptors (Lipinski definition) is 3. The molecule has 1 aliphatic heterocycles. The minimum Gasteiger partial charge on any atom is -0.473 e. The molecule has 118 valence electrons. The van der Waals surface area contributed by atoms with Gasteiger partial charge in [0.15, 0.2) is 0 Å². The Labute approximate surface area is 143 Å². The maximum Gasteiger partial charge on any atom is 0.268 e. The molecule has 1 N–H and O–H groups in total. The first-order valence-corrected chi connectivity index (χ1v) is 8.17.